The molecule has 3 heteroatoms. The fourth-order valence-electron chi connectivity index (χ4n) is 1.17. The van der Waals surface area contributed by atoms with Gasteiger partial charge in [0.1, 0.15) is 0 Å². The van der Waals surface area contributed by atoms with Crippen molar-refractivity contribution >= 4 is 14.5 Å². The zero-order valence-corrected chi connectivity index (χ0v) is 10.9. The highest BCUT2D eigenvalue weighted by molar-refractivity contribution is 6.61. The van der Waals surface area contributed by atoms with Crippen LogP contribution >= 0.6 is 0 Å². The van der Waals surface area contributed by atoms with Crippen molar-refractivity contribution in [3.8, 4) is 0 Å². The molecular weight excluding hydrogens is 204 g/mol. The van der Waals surface area contributed by atoms with Crippen LogP contribution in [0.2, 0.25) is 0 Å². The molecule has 0 spiro atoms. The molecule has 0 aromatic heterocycles. The lowest BCUT2D eigenvalue weighted by atomic mass is 10.4. The van der Waals surface area contributed by atoms with Crippen molar-refractivity contribution in [2.24, 2.45) is 0 Å². The number of rotatable bonds is 5. The van der Waals surface area contributed by atoms with Crippen molar-refractivity contribution in [2.45, 2.75) is 39.9 Å². The molecule has 0 unspecified atom stereocenters. The van der Waals surface area contributed by atoms with E-state index in [9.17, 15) is 0 Å². The van der Waals surface area contributed by atoms with E-state index in [1.165, 1.54) is 5.19 Å². The van der Waals surface area contributed by atoms with Crippen molar-refractivity contribution in [1.29, 1.82) is 0 Å². The van der Waals surface area contributed by atoms with Gasteiger partial charge in [-0.25, -0.2) is 0 Å². The Kier molecular flexibility index (Phi) is 5.01. The highest BCUT2D eigenvalue weighted by Crippen LogP contribution is 2.01. The predicted molar refractivity (Wildman–Crippen MR) is 64.3 cm³/mol. The largest absolute Gasteiger partial charge is 0.424 e. The summed E-state index contributed by atoms with van der Waals surface area (Å²) < 4.78 is 11.7. The fraction of sp³-hybridized carbons (Fsp3) is 0.500. The van der Waals surface area contributed by atoms with E-state index < -0.39 is 9.28 Å². The van der Waals surface area contributed by atoms with Crippen LogP contribution in [0, 0.1) is 0 Å². The summed E-state index contributed by atoms with van der Waals surface area (Å²) in [5.74, 6) is 0. The minimum atomic E-state index is -1.32. The first kappa shape index (κ1) is 12.4. The van der Waals surface area contributed by atoms with Gasteiger partial charge < -0.3 is 8.85 Å². The summed E-state index contributed by atoms with van der Waals surface area (Å²) in [6.07, 6.45) is 0.413. The van der Waals surface area contributed by atoms with Crippen molar-refractivity contribution in [3.05, 3.63) is 30.3 Å². The molecule has 15 heavy (non-hydrogen) atoms. The molecule has 2 nitrogen and oxygen atoms in total. The number of hydrogen-bond donors (Lipinski definition) is 0. The molecule has 0 aliphatic carbocycles. The Morgan fingerprint density at radius 2 is 1.33 bits per heavy atom. The molecule has 0 heterocycles. The molecule has 0 saturated heterocycles. The van der Waals surface area contributed by atoms with E-state index in [4.69, 9.17) is 8.85 Å². The Hall–Kier alpha value is -0.643. The molecular formula is C12H19O2Si. The van der Waals surface area contributed by atoms with Gasteiger partial charge in [0.05, 0.1) is 0 Å². The van der Waals surface area contributed by atoms with Gasteiger partial charge in [0, 0.05) is 12.2 Å². The average Bonchev–Trinajstić information content (AvgIpc) is 2.17. The maximum Gasteiger partial charge on any atom is 0.424 e. The normalized spacial score (nSPS) is 11.7. The second-order valence-corrected chi connectivity index (χ2v) is 5.61. The third-order valence-corrected chi connectivity index (χ3v) is 3.87. The molecule has 0 atom stereocenters. The highest BCUT2D eigenvalue weighted by Gasteiger charge is 2.21. The third-order valence-electron chi connectivity index (χ3n) is 1.69. The van der Waals surface area contributed by atoms with Gasteiger partial charge in [0.15, 0.2) is 0 Å². The number of benzene rings is 1. The molecule has 1 radical (unpaired) electrons. The molecule has 0 amide bonds. The summed E-state index contributed by atoms with van der Waals surface area (Å²) in [5, 5.41) is 1.17. The standard InChI is InChI=1S/C12H19O2Si/c1-10(2)13-15(14-11(3)4)12-8-6-5-7-9-12/h5-11H,1-4H3. The molecule has 0 bridgehead atoms. The predicted octanol–water partition coefficient (Wildman–Crippen LogP) is 2.23. The van der Waals surface area contributed by atoms with Gasteiger partial charge in [0.2, 0.25) is 0 Å². The maximum atomic E-state index is 5.83. The summed E-state index contributed by atoms with van der Waals surface area (Å²) in [4.78, 5) is 0. The smallest absolute Gasteiger partial charge is 0.387 e. The molecule has 1 aromatic rings. The van der Waals surface area contributed by atoms with E-state index in [0.29, 0.717) is 0 Å². The molecule has 0 N–H and O–H groups in total. The Morgan fingerprint density at radius 1 is 0.867 bits per heavy atom. The maximum absolute atomic E-state index is 5.83. The van der Waals surface area contributed by atoms with Crippen molar-refractivity contribution in [3.63, 3.8) is 0 Å². The van der Waals surface area contributed by atoms with Crippen LogP contribution in [-0.4, -0.2) is 21.5 Å². The second kappa shape index (κ2) is 6.05. The van der Waals surface area contributed by atoms with E-state index in [1.54, 1.807) is 0 Å². The van der Waals surface area contributed by atoms with E-state index in [2.05, 4.69) is 12.1 Å². The summed E-state index contributed by atoms with van der Waals surface area (Å²) >= 11 is 0. The minimum Gasteiger partial charge on any atom is -0.387 e. The van der Waals surface area contributed by atoms with E-state index in [1.807, 2.05) is 45.9 Å². The lowest BCUT2D eigenvalue weighted by molar-refractivity contribution is 0.139. The quantitative estimate of drug-likeness (QED) is 0.713. The lowest BCUT2D eigenvalue weighted by Crippen LogP contribution is -2.40. The van der Waals surface area contributed by atoms with Gasteiger partial charge in [0.25, 0.3) is 0 Å². The Bertz CT molecular complexity index is 262. The van der Waals surface area contributed by atoms with Gasteiger partial charge in [-0.15, -0.1) is 0 Å². The van der Waals surface area contributed by atoms with Gasteiger partial charge in [-0.1, -0.05) is 30.3 Å². The van der Waals surface area contributed by atoms with Crippen LogP contribution in [-0.2, 0) is 8.85 Å². The Balaban J connectivity index is 2.72. The van der Waals surface area contributed by atoms with E-state index in [-0.39, 0.29) is 12.2 Å². The van der Waals surface area contributed by atoms with E-state index >= 15 is 0 Å². The van der Waals surface area contributed by atoms with Gasteiger partial charge >= 0.3 is 9.28 Å². The highest BCUT2D eigenvalue weighted by atomic mass is 28.3. The van der Waals surface area contributed by atoms with Crippen LogP contribution in [0.15, 0.2) is 30.3 Å². The van der Waals surface area contributed by atoms with Crippen LogP contribution in [0.1, 0.15) is 27.7 Å². The van der Waals surface area contributed by atoms with Crippen molar-refractivity contribution < 1.29 is 8.85 Å². The van der Waals surface area contributed by atoms with Crippen LogP contribution < -0.4 is 5.19 Å². The molecule has 83 valence electrons. The first-order valence-corrected chi connectivity index (χ1v) is 6.67. The molecule has 0 fully saturated rings. The number of hydrogen-bond acceptors (Lipinski definition) is 2. The van der Waals surface area contributed by atoms with E-state index in [0.717, 1.165) is 0 Å². The first-order chi connectivity index (χ1) is 7.09. The van der Waals surface area contributed by atoms with Gasteiger partial charge in [-0.3, -0.25) is 0 Å². The summed E-state index contributed by atoms with van der Waals surface area (Å²) in [6.45, 7) is 8.16. The molecule has 0 saturated carbocycles. The second-order valence-electron chi connectivity index (χ2n) is 3.99. The topological polar surface area (TPSA) is 18.5 Å². The van der Waals surface area contributed by atoms with Crippen LogP contribution in [0.25, 0.3) is 0 Å². The zero-order valence-electron chi connectivity index (χ0n) is 9.86. The van der Waals surface area contributed by atoms with Crippen molar-refractivity contribution in [2.75, 3.05) is 0 Å². The monoisotopic (exact) mass is 223 g/mol. The van der Waals surface area contributed by atoms with Gasteiger partial charge in [-0.05, 0) is 32.9 Å². The van der Waals surface area contributed by atoms with Crippen molar-refractivity contribution in [1.82, 2.24) is 0 Å². The summed E-state index contributed by atoms with van der Waals surface area (Å²) in [7, 11) is -1.32. The molecule has 1 rings (SSSR count). The third kappa shape index (κ3) is 4.60. The Labute approximate surface area is 94.1 Å². The Morgan fingerprint density at radius 3 is 1.73 bits per heavy atom. The zero-order chi connectivity index (χ0) is 11.3. The average molecular weight is 223 g/mol. The molecule has 1 aromatic carbocycles. The molecule has 0 aliphatic heterocycles. The fourth-order valence-corrected chi connectivity index (χ4v) is 2.81. The minimum absolute atomic E-state index is 0.206. The lowest BCUT2D eigenvalue weighted by Gasteiger charge is -2.20. The first-order valence-electron chi connectivity index (χ1n) is 5.35. The van der Waals surface area contributed by atoms with Gasteiger partial charge in [-0.2, -0.15) is 0 Å². The SMILES string of the molecule is CC(C)O[Si](OC(C)C)c1ccccc1. The summed E-state index contributed by atoms with van der Waals surface area (Å²) in [6, 6.07) is 10.2. The van der Waals surface area contributed by atoms with Crippen LogP contribution in [0.4, 0.5) is 0 Å². The van der Waals surface area contributed by atoms with Crippen LogP contribution in [0.3, 0.4) is 0 Å². The summed E-state index contributed by atoms with van der Waals surface area (Å²) in [5.41, 5.74) is 0. The van der Waals surface area contributed by atoms with Crippen LogP contribution in [0.5, 0.6) is 0 Å². The molecule has 0 aliphatic rings.